The van der Waals surface area contributed by atoms with Crippen LogP contribution in [0.25, 0.3) is 10.8 Å². The van der Waals surface area contributed by atoms with E-state index in [2.05, 4.69) is 73.5 Å². The van der Waals surface area contributed by atoms with Gasteiger partial charge in [0.15, 0.2) is 0 Å². The molecule has 0 aliphatic carbocycles. The predicted molar refractivity (Wildman–Crippen MR) is 96.8 cm³/mol. The maximum atomic E-state index is 5.23. The molecule has 0 amide bonds. The molecule has 0 bridgehead atoms. The minimum absolute atomic E-state index is 0.350. The summed E-state index contributed by atoms with van der Waals surface area (Å²) < 4.78 is 5.23. The summed E-state index contributed by atoms with van der Waals surface area (Å²) in [6.45, 7) is 3.18. The van der Waals surface area contributed by atoms with Crippen LogP contribution in [0.1, 0.15) is 24.1 Å². The Morgan fingerprint density at radius 2 is 1.61 bits per heavy atom. The van der Waals surface area contributed by atoms with Crippen molar-refractivity contribution in [1.29, 1.82) is 0 Å². The van der Waals surface area contributed by atoms with E-state index < -0.39 is 0 Å². The lowest BCUT2D eigenvalue weighted by Crippen LogP contribution is -2.22. The largest absolute Gasteiger partial charge is 0.497 e. The molecule has 0 radical (unpaired) electrons. The Labute approximate surface area is 138 Å². The molecule has 0 aliphatic heterocycles. The van der Waals surface area contributed by atoms with Crippen LogP contribution in [0.3, 0.4) is 0 Å². The zero-order chi connectivity index (χ0) is 16.2. The highest BCUT2D eigenvalue weighted by Gasteiger charge is 2.14. The Kier molecular flexibility index (Phi) is 4.63. The Balaban J connectivity index is 1.81. The summed E-state index contributed by atoms with van der Waals surface area (Å²) >= 11 is 0. The number of methoxy groups -OCH3 is 1. The second-order valence-electron chi connectivity index (χ2n) is 6.01. The zero-order valence-electron chi connectivity index (χ0n) is 14.0. The third-order valence-corrected chi connectivity index (χ3v) is 4.53. The van der Waals surface area contributed by atoms with E-state index >= 15 is 0 Å². The van der Waals surface area contributed by atoms with E-state index in [1.807, 2.05) is 12.1 Å². The van der Waals surface area contributed by atoms with Crippen LogP contribution in [0.2, 0.25) is 0 Å². The summed E-state index contributed by atoms with van der Waals surface area (Å²) in [5, 5.41) is 2.64. The van der Waals surface area contributed by atoms with E-state index in [1.54, 1.807) is 7.11 Å². The summed E-state index contributed by atoms with van der Waals surface area (Å²) in [6.07, 6.45) is 0. The molecule has 2 heteroatoms. The fraction of sp³-hybridized carbons (Fsp3) is 0.238. The molecule has 3 aromatic rings. The third-order valence-electron chi connectivity index (χ3n) is 4.53. The van der Waals surface area contributed by atoms with Crippen LogP contribution in [0.5, 0.6) is 5.75 Å². The Hall–Kier alpha value is -2.32. The number of fused-ring (bicyclic) bond motifs is 1. The van der Waals surface area contributed by atoms with Gasteiger partial charge in [-0.25, -0.2) is 0 Å². The van der Waals surface area contributed by atoms with Gasteiger partial charge in [0.25, 0.3) is 0 Å². The van der Waals surface area contributed by atoms with Gasteiger partial charge in [0.05, 0.1) is 7.11 Å². The Morgan fingerprint density at radius 3 is 2.35 bits per heavy atom. The first-order valence-corrected chi connectivity index (χ1v) is 8.00. The molecule has 23 heavy (non-hydrogen) atoms. The highest BCUT2D eigenvalue weighted by Crippen LogP contribution is 2.28. The van der Waals surface area contributed by atoms with Gasteiger partial charge in [-0.1, -0.05) is 54.6 Å². The number of hydrogen-bond acceptors (Lipinski definition) is 2. The summed E-state index contributed by atoms with van der Waals surface area (Å²) in [7, 11) is 3.88. The first-order valence-electron chi connectivity index (χ1n) is 8.00. The average molecular weight is 305 g/mol. The molecule has 0 heterocycles. The first kappa shape index (κ1) is 15.6. The molecule has 1 atom stereocenters. The highest BCUT2D eigenvalue weighted by molar-refractivity contribution is 5.86. The van der Waals surface area contributed by atoms with E-state index in [4.69, 9.17) is 4.74 Å². The molecule has 0 fully saturated rings. The average Bonchev–Trinajstić information content (AvgIpc) is 2.61. The van der Waals surface area contributed by atoms with Gasteiger partial charge in [-0.05, 0) is 48.0 Å². The minimum atomic E-state index is 0.350. The number of ether oxygens (including phenoxy) is 1. The van der Waals surface area contributed by atoms with E-state index in [0.29, 0.717) is 6.04 Å². The van der Waals surface area contributed by atoms with Crippen LogP contribution in [-0.4, -0.2) is 19.1 Å². The number of benzene rings is 3. The van der Waals surface area contributed by atoms with Crippen molar-refractivity contribution in [3.05, 3.63) is 77.9 Å². The topological polar surface area (TPSA) is 12.5 Å². The lowest BCUT2D eigenvalue weighted by Gasteiger charge is -2.26. The fourth-order valence-electron chi connectivity index (χ4n) is 3.01. The summed E-state index contributed by atoms with van der Waals surface area (Å²) in [5.41, 5.74) is 2.67. The van der Waals surface area contributed by atoms with Gasteiger partial charge in [-0.2, -0.15) is 0 Å². The molecule has 0 aromatic heterocycles. The molecule has 2 nitrogen and oxygen atoms in total. The summed E-state index contributed by atoms with van der Waals surface area (Å²) in [6, 6.07) is 23.8. The summed E-state index contributed by atoms with van der Waals surface area (Å²) in [4.78, 5) is 2.38. The number of hydrogen-bond donors (Lipinski definition) is 0. The molecule has 0 aliphatic rings. The summed E-state index contributed by atoms with van der Waals surface area (Å²) in [5.74, 6) is 0.901. The molecule has 118 valence electrons. The van der Waals surface area contributed by atoms with Crippen molar-refractivity contribution in [3.63, 3.8) is 0 Å². The van der Waals surface area contributed by atoms with Crippen LogP contribution in [-0.2, 0) is 6.54 Å². The van der Waals surface area contributed by atoms with Gasteiger partial charge in [0.2, 0.25) is 0 Å². The van der Waals surface area contributed by atoms with E-state index in [-0.39, 0.29) is 0 Å². The first-order chi connectivity index (χ1) is 11.2. The van der Waals surface area contributed by atoms with Gasteiger partial charge in [-0.3, -0.25) is 4.90 Å². The third kappa shape index (κ3) is 3.38. The second-order valence-corrected chi connectivity index (χ2v) is 6.01. The van der Waals surface area contributed by atoms with Crippen LogP contribution in [0, 0.1) is 0 Å². The van der Waals surface area contributed by atoms with Crippen molar-refractivity contribution < 1.29 is 4.74 Å². The van der Waals surface area contributed by atoms with Gasteiger partial charge < -0.3 is 4.74 Å². The number of rotatable bonds is 5. The quantitative estimate of drug-likeness (QED) is 0.654. The van der Waals surface area contributed by atoms with E-state index in [0.717, 1.165) is 12.3 Å². The predicted octanol–water partition coefficient (Wildman–Crippen LogP) is 5.04. The highest BCUT2D eigenvalue weighted by atomic mass is 16.5. The van der Waals surface area contributed by atoms with E-state index in [9.17, 15) is 0 Å². The smallest absolute Gasteiger partial charge is 0.118 e. The van der Waals surface area contributed by atoms with Crippen molar-refractivity contribution in [2.75, 3.05) is 14.2 Å². The standard InChI is InChI=1S/C21H23NO/c1-16(20-10-6-8-18-7-4-5-9-21(18)20)22(2)15-17-11-13-19(23-3)14-12-17/h4-14,16H,15H2,1-3H3/t16-/m1/s1. The molecule has 0 spiro atoms. The van der Waals surface area contributed by atoms with Crippen molar-refractivity contribution in [2.24, 2.45) is 0 Å². The molecular weight excluding hydrogens is 282 g/mol. The Morgan fingerprint density at radius 1 is 0.913 bits per heavy atom. The zero-order valence-corrected chi connectivity index (χ0v) is 14.0. The second kappa shape index (κ2) is 6.84. The Bertz CT molecular complexity index is 774. The van der Waals surface area contributed by atoms with Gasteiger partial charge in [0.1, 0.15) is 5.75 Å². The van der Waals surface area contributed by atoms with Crippen LogP contribution in [0.4, 0.5) is 0 Å². The van der Waals surface area contributed by atoms with Gasteiger partial charge in [0, 0.05) is 12.6 Å². The molecular formula is C21H23NO. The molecule has 3 aromatic carbocycles. The lowest BCUT2D eigenvalue weighted by molar-refractivity contribution is 0.254. The molecule has 0 N–H and O–H groups in total. The van der Waals surface area contributed by atoms with Crippen molar-refractivity contribution >= 4 is 10.8 Å². The van der Waals surface area contributed by atoms with Crippen molar-refractivity contribution in [3.8, 4) is 5.75 Å². The molecule has 0 saturated heterocycles. The van der Waals surface area contributed by atoms with Crippen molar-refractivity contribution in [1.82, 2.24) is 4.90 Å². The normalized spacial score (nSPS) is 12.5. The number of nitrogens with zero attached hydrogens (tertiary/aromatic N) is 1. The monoisotopic (exact) mass is 305 g/mol. The SMILES string of the molecule is COc1ccc(CN(C)[C@H](C)c2cccc3ccccc23)cc1. The van der Waals surface area contributed by atoms with Crippen molar-refractivity contribution in [2.45, 2.75) is 19.5 Å². The maximum Gasteiger partial charge on any atom is 0.118 e. The van der Waals surface area contributed by atoms with E-state index in [1.165, 1.54) is 21.9 Å². The van der Waals surface area contributed by atoms with Gasteiger partial charge in [-0.15, -0.1) is 0 Å². The lowest BCUT2D eigenvalue weighted by atomic mass is 9.98. The fourth-order valence-corrected chi connectivity index (χ4v) is 3.01. The van der Waals surface area contributed by atoms with Crippen LogP contribution < -0.4 is 4.74 Å². The molecule has 3 rings (SSSR count). The maximum absolute atomic E-state index is 5.23. The molecule has 0 unspecified atom stereocenters. The van der Waals surface area contributed by atoms with Crippen LogP contribution in [0.15, 0.2) is 66.7 Å². The van der Waals surface area contributed by atoms with Crippen LogP contribution >= 0.6 is 0 Å². The van der Waals surface area contributed by atoms with Gasteiger partial charge >= 0.3 is 0 Å². The minimum Gasteiger partial charge on any atom is -0.497 e. The molecule has 0 saturated carbocycles.